The van der Waals surface area contributed by atoms with Crippen LogP contribution in [-0.4, -0.2) is 36.7 Å². The second-order valence-electron chi connectivity index (χ2n) is 5.59. The van der Waals surface area contributed by atoms with Crippen molar-refractivity contribution in [2.75, 3.05) is 32.1 Å². The molecule has 1 saturated heterocycles. The van der Waals surface area contributed by atoms with Gasteiger partial charge in [0, 0.05) is 18.2 Å². The molecule has 1 aromatic carbocycles. The van der Waals surface area contributed by atoms with E-state index >= 15 is 0 Å². The van der Waals surface area contributed by atoms with Crippen LogP contribution < -0.4 is 15.4 Å². The van der Waals surface area contributed by atoms with E-state index in [0.29, 0.717) is 0 Å². The summed E-state index contributed by atoms with van der Waals surface area (Å²) < 4.78 is 5.18. The van der Waals surface area contributed by atoms with E-state index in [1.54, 1.807) is 13.4 Å². The highest BCUT2D eigenvalue weighted by molar-refractivity contribution is 5.62. The lowest BCUT2D eigenvalue weighted by atomic mass is 9.98. The summed E-state index contributed by atoms with van der Waals surface area (Å²) in [6, 6.07) is 9.91. The third-order valence-electron chi connectivity index (χ3n) is 4.08. The lowest BCUT2D eigenvalue weighted by molar-refractivity contribution is 0.389. The molecule has 1 aromatic heterocycles. The Kier molecular flexibility index (Phi) is 4.85. The molecule has 2 aromatic rings. The standard InChI is InChI=1S/C17H22N4O/c1-22-15-4-2-14(3-5-15)16-10-17(21-12-20-16)19-11-13-6-8-18-9-7-13/h2-5,10,12-13,18H,6-9,11H2,1H3,(H,19,20,21). The molecule has 1 aliphatic heterocycles. The minimum atomic E-state index is 0.723. The highest BCUT2D eigenvalue weighted by Gasteiger charge is 2.12. The molecule has 0 amide bonds. The fraction of sp³-hybridized carbons (Fsp3) is 0.412. The van der Waals surface area contributed by atoms with Gasteiger partial charge in [-0.3, -0.25) is 0 Å². The van der Waals surface area contributed by atoms with Gasteiger partial charge < -0.3 is 15.4 Å². The summed E-state index contributed by atoms with van der Waals surface area (Å²) in [5, 5.41) is 6.83. The number of hydrogen-bond acceptors (Lipinski definition) is 5. The molecular formula is C17H22N4O. The van der Waals surface area contributed by atoms with Crippen LogP contribution in [0.3, 0.4) is 0 Å². The molecule has 2 N–H and O–H groups in total. The van der Waals surface area contributed by atoms with E-state index in [0.717, 1.165) is 48.4 Å². The Hall–Kier alpha value is -2.14. The van der Waals surface area contributed by atoms with Gasteiger partial charge in [-0.15, -0.1) is 0 Å². The van der Waals surface area contributed by atoms with Gasteiger partial charge in [-0.25, -0.2) is 9.97 Å². The largest absolute Gasteiger partial charge is 0.497 e. The molecule has 0 atom stereocenters. The number of hydrogen-bond donors (Lipinski definition) is 2. The van der Waals surface area contributed by atoms with Crippen LogP contribution in [-0.2, 0) is 0 Å². The van der Waals surface area contributed by atoms with E-state index < -0.39 is 0 Å². The van der Waals surface area contributed by atoms with E-state index in [1.807, 2.05) is 30.3 Å². The molecule has 2 heterocycles. The molecule has 0 spiro atoms. The Morgan fingerprint density at radius 2 is 1.95 bits per heavy atom. The van der Waals surface area contributed by atoms with Crippen molar-refractivity contribution in [2.24, 2.45) is 5.92 Å². The van der Waals surface area contributed by atoms with Gasteiger partial charge in [-0.2, -0.15) is 0 Å². The Labute approximate surface area is 131 Å². The molecule has 5 heteroatoms. The van der Waals surface area contributed by atoms with Crippen molar-refractivity contribution in [3.05, 3.63) is 36.7 Å². The quantitative estimate of drug-likeness (QED) is 0.888. The number of rotatable bonds is 5. The van der Waals surface area contributed by atoms with Gasteiger partial charge in [0.2, 0.25) is 0 Å². The molecule has 0 radical (unpaired) electrons. The van der Waals surface area contributed by atoms with Crippen molar-refractivity contribution in [3.63, 3.8) is 0 Å². The minimum Gasteiger partial charge on any atom is -0.497 e. The lowest BCUT2D eigenvalue weighted by Gasteiger charge is -2.22. The second-order valence-corrected chi connectivity index (χ2v) is 5.59. The summed E-state index contributed by atoms with van der Waals surface area (Å²) in [5.41, 5.74) is 1.98. The van der Waals surface area contributed by atoms with Crippen molar-refractivity contribution >= 4 is 5.82 Å². The van der Waals surface area contributed by atoms with E-state index in [9.17, 15) is 0 Å². The zero-order valence-electron chi connectivity index (χ0n) is 12.9. The minimum absolute atomic E-state index is 0.723. The van der Waals surface area contributed by atoms with E-state index in [-0.39, 0.29) is 0 Å². The van der Waals surface area contributed by atoms with Gasteiger partial charge in [0.25, 0.3) is 0 Å². The number of piperidine rings is 1. The number of methoxy groups -OCH3 is 1. The molecular weight excluding hydrogens is 276 g/mol. The normalized spacial score (nSPS) is 15.5. The number of benzene rings is 1. The summed E-state index contributed by atoms with van der Waals surface area (Å²) in [5.74, 6) is 2.46. The van der Waals surface area contributed by atoms with Gasteiger partial charge in [0.1, 0.15) is 17.9 Å². The molecule has 0 aliphatic carbocycles. The van der Waals surface area contributed by atoms with Crippen LogP contribution in [0.5, 0.6) is 5.75 Å². The predicted octanol–water partition coefficient (Wildman–Crippen LogP) is 2.56. The third-order valence-corrected chi connectivity index (χ3v) is 4.08. The summed E-state index contributed by atoms with van der Waals surface area (Å²) >= 11 is 0. The van der Waals surface area contributed by atoms with Gasteiger partial charge in [-0.1, -0.05) is 0 Å². The maximum Gasteiger partial charge on any atom is 0.129 e. The Balaban J connectivity index is 1.66. The zero-order valence-corrected chi connectivity index (χ0v) is 12.9. The molecule has 116 valence electrons. The third kappa shape index (κ3) is 3.74. The predicted molar refractivity (Wildman–Crippen MR) is 88.1 cm³/mol. The van der Waals surface area contributed by atoms with Gasteiger partial charge in [0.05, 0.1) is 12.8 Å². The Morgan fingerprint density at radius 3 is 2.68 bits per heavy atom. The first kappa shape index (κ1) is 14.8. The van der Waals surface area contributed by atoms with Crippen LogP contribution in [0.1, 0.15) is 12.8 Å². The van der Waals surface area contributed by atoms with E-state index in [1.165, 1.54) is 12.8 Å². The smallest absolute Gasteiger partial charge is 0.129 e. The molecule has 22 heavy (non-hydrogen) atoms. The molecule has 5 nitrogen and oxygen atoms in total. The van der Waals surface area contributed by atoms with Crippen molar-refractivity contribution in [2.45, 2.75) is 12.8 Å². The first-order valence-corrected chi connectivity index (χ1v) is 7.76. The number of ether oxygens (including phenoxy) is 1. The highest BCUT2D eigenvalue weighted by atomic mass is 16.5. The number of anilines is 1. The van der Waals surface area contributed by atoms with Crippen LogP contribution >= 0.6 is 0 Å². The van der Waals surface area contributed by atoms with Gasteiger partial charge in [0.15, 0.2) is 0 Å². The van der Waals surface area contributed by atoms with Crippen LogP contribution in [0.15, 0.2) is 36.7 Å². The zero-order chi connectivity index (χ0) is 15.2. The fourth-order valence-electron chi connectivity index (χ4n) is 2.71. The summed E-state index contributed by atoms with van der Waals surface area (Å²) in [4.78, 5) is 8.68. The maximum atomic E-state index is 5.18. The van der Waals surface area contributed by atoms with Crippen LogP contribution in [0.25, 0.3) is 11.3 Å². The molecule has 0 saturated carbocycles. The Bertz CT molecular complexity index is 594. The van der Waals surface area contributed by atoms with E-state index in [2.05, 4.69) is 20.6 Å². The van der Waals surface area contributed by atoms with Crippen molar-refractivity contribution in [1.82, 2.24) is 15.3 Å². The average molecular weight is 298 g/mol. The number of nitrogens with zero attached hydrogens (tertiary/aromatic N) is 2. The first-order chi connectivity index (χ1) is 10.8. The average Bonchev–Trinajstić information content (AvgIpc) is 2.61. The van der Waals surface area contributed by atoms with E-state index in [4.69, 9.17) is 4.74 Å². The highest BCUT2D eigenvalue weighted by Crippen LogP contribution is 2.22. The summed E-state index contributed by atoms with van der Waals surface area (Å²) in [6.45, 7) is 3.21. The first-order valence-electron chi connectivity index (χ1n) is 7.76. The molecule has 1 aliphatic rings. The number of nitrogens with one attached hydrogen (secondary N) is 2. The monoisotopic (exact) mass is 298 g/mol. The van der Waals surface area contributed by atoms with Crippen LogP contribution in [0.2, 0.25) is 0 Å². The molecule has 3 rings (SSSR count). The lowest BCUT2D eigenvalue weighted by Crippen LogP contribution is -2.31. The van der Waals surface area contributed by atoms with Crippen LogP contribution in [0, 0.1) is 5.92 Å². The van der Waals surface area contributed by atoms with Gasteiger partial charge in [-0.05, 0) is 56.1 Å². The van der Waals surface area contributed by atoms with Crippen molar-refractivity contribution in [1.29, 1.82) is 0 Å². The summed E-state index contributed by atoms with van der Waals surface area (Å²) in [7, 11) is 1.67. The van der Waals surface area contributed by atoms with Crippen molar-refractivity contribution < 1.29 is 4.74 Å². The molecule has 1 fully saturated rings. The van der Waals surface area contributed by atoms with Gasteiger partial charge >= 0.3 is 0 Å². The SMILES string of the molecule is COc1ccc(-c2cc(NCC3CCNCC3)ncn2)cc1. The fourth-order valence-corrected chi connectivity index (χ4v) is 2.71. The number of aromatic nitrogens is 2. The molecule has 0 unspecified atom stereocenters. The van der Waals surface area contributed by atoms with Crippen LogP contribution in [0.4, 0.5) is 5.82 Å². The topological polar surface area (TPSA) is 59.1 Å². The maximum absolute atomic E-state index is 5.18. The Morgan fingerprint density at radius 1 is 1.18 bits per heavy atom. The molecule has 0 bridgehead atoms. The van der Waals surface area contributed by atoms with Crippen molar-refractivity contribution in [3.8, 4) is 17.0 Å². The summed E-state index contributed by atoms with van der Waals surface area (Å²) in [6.07, 6.45) is 4.07. The second kappa shape index (κ2) is 7.22.